The molecule has 0 saturated heterocycles. The molecule has 7 heteroatoms. The highest BCUT2D eigenvalue weighted by molar-refractivity contribution is 6.02. The van der Waals surface area contributed by atoms with E-state index in [0.717, 1.165) is 0 Å². The maximum Gasteiger partial charge on any atom is 0.287 e. The number of carbonyl (C=O) groups excluding carboxylic acids is 3. The third-order valence-electron chi connectivity index (χ3n) is 3.46. The van der Waals surface area contributed by atoms with Gasteiger partial charge in [0.1, 0.15) is 5.69 Å². The molecule has 0 atom stereocenters. The van der Waals surface area contributed by atoms with Gasteiger partial charge in [-0.3, -0.25) is 14.4 Å². The lowest BCUT2D eigenvalue weighted by Gasteiger charge is -2.06. The maximum atomic E-state index is 12.1. The fraction of sp³-hybridized carbons (Fsp3) is 0.312. The number of hydrogen-bond donors (Lipinski definition) is 3. The van der Waals surface area contributed by atoms with Crippen molar-refractivity contribution < 1.29 is 18.8 Å². The van der Waals surface area contributed by atoms with Gasteiger partial charge >= 0.3 is 0 Å². The van der Waals surface area contributed by atoms with Gasteiger partial charge in [0.25, 0.3) is 11.8 Å². The maximum absolute atomic E-state index is 12.1. The van der Waals surface area contributed by atoms with Crippen molar-refractivity contribution in [3.05, 3.63) is 46.7 Å². The lowest BCUT2D eigenvalue weighted by atomic mass is 10.1. The first kappa shape index (κ1) is 16.5. The first-order valence-electron chi connectivity index (χ1n) is 7.21. The summed E-state index contributed by atoms with van der Waals surface area (Å²) in [5.74, 6) is -0.514. The Morgan fingerprint density at radius 1 is 1.13 bits per heavy atom. The van der Waals surface area contributed by atoms with Crippen LogP contribution in [0.4, 0.5) is 0 Å². The topological polar surface area (TPSA) is 104 Å². The van der Waals surface area contributed by atoms with E-state index in [0.29, 0.717) is 22.5 Å². The SMILES string of the molecule is CC(=O)c1c(C)[nH]c(C(=O)NCCNC(=O)c2ccco2)c1C. The van der Waals surface area contributed by atoms with E-state index in [-0.39, 0.29) is 36.4 Å². The van der Waals surface area contributed by atoms with Crippen LogP contribution in [0.2, 0.25) is 0 Å². The van der Waals surface area contributed by atoms with Crippen LogP contribution in [0, 0.1) is 13.8 Å². The molecular formula is C16H19N3O4. The first-order valence-corrected chi connectivity index (χ1v) is 7.21. The summed E-state index contributed by atoms with van der Waals surface area (Å²) in [5, 5.41) is 5.32. The van der Waals surface area contributed by atoms with E-state index in [1.54, 1.807) is 26.0 Å². The van der Waals surface area contributed by atoms with E-state index < -0.39 is 0 Å². The van der Waals surface area contributed by atoms with E-state index in [4.69, 9.17) is 4.42 Å². The Morgan fingerprint density at radius 2 is 1.78 bits per heavy atom. The summed E-state index contributed by atoms with van der Waals surface area (Å²) >= 11 is 0. The minimum absolute atomic E-state index is 0.0824. The number of furan rings is 1. The molecule has 0 unspecified atom stereocenters. The molecule has 0 radical (unpaired) electrons. The van der Waals surface area contributed by atoms with Gasteiger partial charge in [-0.1, -0.05) is 0 Å². The molecule has 0 aliphatic heterocycles. The Morgan fingerprint density at radius 3 is 2.30 bits per heavy atom. The lowest BCUT2D eigenvalue weighted by molar-refractivity contribution is 0.0909. The van der Waals surface area contributed by atoms with Crippen molar-refractivity contribution in [2.75, 3.05) is 13.1 Å². The van der Waals surface area contributed by atoms with Crippen LogP contribution in [0.5, 0.6) is 0 Å². The van der Waals surface area contributed by atoms with Gasteiger partial charge in [-0.25, -0.2) is 0 Å². The van der Waals surface area contributed by atoms with Crippen LogP contribution in [-0.4, -0.2) is 35.7 Å². The molecule has 2 heterocycles. The standard InChI is InChI=1S/C16H19N3O4/c1-9-13(11(3)20)10(2)19-14(9)16(22)18-7-6-17-15(21)12-5-4-8-23-12/h4-5,8,19H,6-7H2,1-3H3,(H,17,21)(H,18,22). The van der Waals surface area contributed by atoms with Crippen LogP contribution in [0.25, 0.3) is 0 Å². The minimum atomic E-state index is -0.338. The van der Waals surface area contributed by atoms with Crippen LogP contribution in [0.3, 0.4) is 0 Å². The Hall–Kier alpha value is -2.83. The second-order valence-corrected chi connectivity index (χ2v) is 5.17. The van der Waals surface area contributed by atoms with Crippen molar-refractivity contribution in [2.45, 2.75) is 20.8 Å². The van der Waals surface area contributed by atoms with Gasteiger partial charge < -0.3 is 20.0 Å². The third-order valence-corrected chi connectivity index (χ3v) is 3.46. The highest BCUT2D eigenvalue weighted by Gasteiger charge is 2.19. The van der Waals surface area contributed by atoms with E-state index in [1.807, 2.05) is 0 Å². The number of carbonyl (C=O) groups is 3. The highest BCUT2D eigenvalue weighted by Crippen LogP contribution is 2.18. The number of aryl methyl sites for hydroxylation is 1. The van der Waals surface area contributed by atoms with Crippen molar-refractivity contribution in [3.63, 3.8) is 0 Å². The van der Waals surface area contributed by atoms with Gasteiger partial charge in [-0.05, 0) is 38.5 Å². The number of nitrogens with one attached hydrogen (secondary N) is 3. The normalized spacial score (nSPS) is 10.4. The van der Waals surface area contributed by atoms with Crippen LogP contribution in [0.15, 0.2) is 22.8 Å². The Labute approximate surface area is 133 Å². The second-order valence-electron chi connectivity index (χ2n) is 5.17. The number of ketones is 1. The Balaban J connectivity index is 1.87. The molecule has 0 spiro atoms. The van der Waals surface area contributed by atoms with E-state index in [9.17, 15) is 14.4 Å². The summed E-state index contributed by atoms with van der Waals surface area (Å²) in [7, 11) is 0. The molecule has 7 nitrogen and oxygen atoms in total. The van der Waals surface area contributed by atoms with Crippen molar-refractivity contribution in [1.29, 1.82) is 0 Å². The van der Waals surface area contributed by atoms with Crippen molar-refractivity contribution in [1.82, 2.24) is 15.6 Å². The molecule has 23 heavy (non-hydrogen) atoms. The van der Waals surface area contributed by atoms with Gasteiger partial charge in [-0.15, -0.1) is 0 Å². The molecule has 122 valence electrons. The van der Waals surface area contributed by atoms with Gasteiger partial charge in [0, 0.05) is 24.3 Å². The molecule has 0 saturated carbocycles. The molecule has 2 rings (SSSR count). The van der Waals surface area contributed by atoms with Crippen molar-refractivity contribution in [2.24, 2.45) is 0 Å². The first-order chi connectivity index (χ1) is 10.9. The molecule has 3 N–H and O–H groups in total. The van der Waals surface area contributed by atoms with Gasteiger partial charge in [0.2, 0.25) is 0 Å². The lowest BCUT2D eigenvalue weighted by Crippen LogP contribution is -2.35. The zero-order valence-corrected chi connectivity index (χ0v) is 13.3. The van der Waals surface area contributed by atoms with Gasteiger partial charge in [-0.2, -0.15) is 0 Å². The summed E-state index contributed by atoms with van der Waals surface area (Å²) in [6.07, 6.45) is 1.42. The van der Waals surface area contributed by atoms with Gasteiger partial charge in [0.15, 0.2) is 11.5 Å². The monoisotopic (exact) mass is 317 g/mol. The molecule has 0 aliphatic rings. The summed E-state index contributed by atoms with van der Waals surface area (Å²) in [6, 6.07) is 3.18. The van der Waals surface area contributed by atoms with Crippen LogP contribution < -0.4 is 10.6 Å². The molecule has 0 fully saturated rings. The smallest absolute Gasteiger partial charge is 0.287 e. The summed E-state index contributed by atoms with van der Waals surface area (Å²) in [4.78, 5) is 38.3. The number of aromatic amines is 1. The number of rotatable bonds is 6. The second kappa shape index (κ2) is 6.95. The van der Waals surface area contributed by atoms with Gasteiger partial charge in [0.05, 0.1) is 6.26 Å². The third kappa shape index (κ3) is 3.68. The number of H-pyrrole nitrogens is 1. The fourth-order valence-corrected chi connectivity index (χ4v) is 2.44. The Kier molecular flexibility index (Phi) is 5.00. The van der Waals surface area contributed by atoms with Crippen LogP contribution in [0.1, 0.15) is 49.6 Å². The number of aromatic nitrogens is 1. The molecule has 0 aliphatic carbocycles. The summed E-state index contributed by atoms with van der Waals surface area (Å²) in [6.45, 7) is 5.48. The van der Waals surface area contributed by atoms with Crippen LogP contribution >= 0.6 is 0 Å². The molecule has 2 aromatic heterocycles. The predicted molar refractivity (Wildman–Crippen MR) is 83.6 cm³/mol. The largest absolute Gasteiger partial charge is 0.459 e. The number of hydrogen-bond acceptors (Lipinski definition) is 4. The van der Waals surface area contributed by atoms with Crippen molar-refractivity contribution >= 4 is 17.6 Å². The predicted octanol–water partition coefficient (Wildman–Crippen LogP) is 1.59. The fourth-order valence-electron chi connectivity index (χ4n) is 2.44. The summed E-state index contributed by atoms with van der Waals surface area (Å²) in [5.41, 5.74) is 2.21. The molecular weight excluding hydrogens is 298 g/mol. The number of amides is 2. The molecule has 0 bridgehead atoms. The van der Waals surface area contributed by atoms with Crippen molar-refractivity contribution in [3.8, 4) is 0 Å². The van der Waals surface area contributed by atoms with E-state index in [2.05, 4.69) is 15.6 Å². The summed E-state index contributed by atoms with van der Waals surface area (Å²) < 4.78 is 4.96. The van der Waals surface area contributed by atoms with E-state index in [1.165, 1.54) is 13.2 Å². The quantitative estimate of drug-likeness (QED) is 0.556. The zero-order valence-electron chi connectivity index (χ0n) is 13.3. The molecule has 2 amide bonds. The number of Topliss-reactive ketones (excluding diaryl/α,β-unsaturated/α-hetero) is 1. The van der Waals surface area contributed by atoms with Crippen LogP contribution in [-0.2, 0) is 0 Å². The average molecular weight is 317 g/mol. The van der Waals surface area contributed by atoms with E-state index >= 15 is 0 Å². The Bertz CT molecular complexity index is 729. The minimum Gasteiger partial charge on any atom is -0.459 e. The molecule has 0 aromatic carbocycles. The zero-order chi connectivity index (χ0) is 17.0. The molecule has 2 aromatic rings. The highest BCUT2D eigenvalue weighted by atomic mass is 16.3. The average Bonchev–Trinajstić information content (AvgIpc) is 3.11.